The summed E-state index contributed by atoms with van der Waals surface area (Å²) in [6, 6.07) is 13.3. The third kappa shape index (κ3) is 4.37. The number of carbonyl (C=O) groups excluding carboxylic acids is 3. The minimum Gasteiger partial charge on any atom is -0.493 e. The molecule has 1 fully saturated rings. The van der Waals surface area contributed by atoms with E-state index >= 15 is 0 Å². The first-order valence-corrected chi connectivity index (χ1v) is 11.1. The van der Waals surface area contributed by atoms with Crippen LogP contribution in [-0.2, 0) is 16.0 Å². The van der Waals surface area contributed by atoms with Gasteiger partial charge < -0.3 is 19.3 Å². The van der Waals surface area contributed by atoms with Gasteiger partial charge in [0, 0.05) is 26.6 Å². The lowest BCUT2D eigenvalue weighted by atomic mass is 9.87. The Morgan fingerprint density at radius 2 is 1.76 bits per heavy atom. The first-order chi connectivity index (χ1) is 15.9. The van der Waals surface area contributed by atoms with Crippen LogP contribution in [0.2, 0.25) is 0 Å². The van der Waals surface area contributed by atoms with Crippen molar-refractivity contribution >= 4 is 17.8 Å². The fourth-order valence-electron chi connectivity index (χ4n) is 4.63. The Morgan fingerprint density at radius 3 is 2.39 bits per heavy atom. The van der Waals surface area contributed by atoms with E-state index in [1.165, 1.54) is 9.80 Å². The number of amides is 4. The smallest absolute Gasteiger partial charge is 0.326 e. The Morgan fingerprint density at radius 1 is 1.06 bits per heavy atom. The second kappa shape index (κ2) is 9.52. The van der Waals surface area contributed by atoms with Crippen LogP contribution in [0, 0.1) is 0 Å². The Labute approximate surface area is 193 Å². The van der Waals surface area contributed by atoms with Crippen LogP contribution in [0.3, 0.4) is 0 Å². The summed E-state index contributed by atoms with van der Waals surface area (Å²) in [7, 11) is 4.82. The van der Waals surface area contributed by atoms with Crippen LogP contribution < -0.4 is 9.47 Å². The van der Waals surface area contributed by atoms with Gasteiger partial charge in [0.05, 0.1) is 20.3 Å². The maximum absolute atomic E-state index is 13.3. The van der Waals surface area contributed by atoms with Gasteiger partial charge in [-0.2, -0.15) is 0 Å². The summed E-state index contributed by atoms with van der Waals surface area (Å²) in [6.45, 7) is 0.918. The molecule has 0 aromatic heterocycles. The molecule has 8 heteroatoms. The average Bonchev–Trinajstić information content (AvgIpc) is 3.08. The standard InChI is InChI=1S/C25H29N3O5/c1-26-16-23(30)28(25(26)31)12-7-10-22(29)27-13-11-18-14-20(32-2)21(33-3)15-19(18)24(27)17-8-5-4-6-9-17/h4-6,8-9,14-15,24H,7,10-13,16H2,1-3H3. The van der Waals surface area contributed by atoms with Gasteiger partial charge in [-0.1, -0.05) is 30.3 Å². The molecule has 0 spiro atoms. The van der Waals surface area contributed by atoms with Crippen molar-refractivity contribution in [3.8, 4) is 11.5 Å². The fraction of sp³-hybridized carbons (Fsp3) is 0.400. The molecular formula is C25H29N3O5. The van der Waals surface area contributed by atoms with Crippen LogP contribution in [0.25, 0.3) is 0 Å². The van der Waals surface area contributed by atoms with E-state index in [2.05, 4.69) is 0 Å². The summed E-state index contributed by atoms with van der Waals surface area (Å²) in [6.07, 6.45) is 1.40. The SMILES string of the molecule is COc1cc2c(cc1OC)C(c1ccccc1)N(C(=O)CCCN1C(=O)CN(C)C1=O)CC2. The molecule has 0 saturated carbocycles. The Bertz CT molecular complexity index is 1060. The molecule has 0 N–H and O–H groups in total. The number of ether oxygens (including phenoxy) is 2. The number of benzene rings is 2. The molecule has 174 valence electrons. The number of likely N-dealkylation sites (N-methyl/N-ethyl adjacent to an activating group) is 1. The summed E-state index contributed by atoms with van der Waals surface area (Å²) in [5.74, 6) is 1.08. The lowest BCUT2D eigenvalue weighted by Crippen LogP contribution is -2.41. The van der Waals surface area contributed by atoms with E-state index < -0.39 is 0 Å². The highest BCUT2D eigenvalue weighted by Crippen LogP contribution is 2.41. The fourth-order valence-corrected chi connectivity index (χ4v) is 4.63. The van der Waals surface area contributed by atoms with Gasteiger partial charge in [0.1, 0.15) is 6.54 Å². The van der Waals surface area contributed by atoms with E-state index in [1.54, 1.807) is 21.3 Å². The zero-order valence-corrected chi connectivity index (χ0v) is 19.2. The van der Waals surface area contributed by atoms with Crippen molar-refractivity contribution in [3.05, 3.63) is 59.2 Å². The molecule has 2 aromatic carbocycles. The summed E-state index contributed by atoms with van der Waals surface area (Å²) in [5, 5.41) is 0. The van der Waals surface area contributed by atoms with Crippen LogP contribution in [0.5, 0.6) is 11.5 Å². The Hall–Kier alpha value is -3.55. The summed E-state index contributed by atoms with van der Waals surface area (Å²) < 4.78 is 11.0. The van der Waals surface area contributed by atoms with Crippen LogP contribution in [0.4, 0.5) is 4.79 Å². The molecule has 4 rings (SSSR count). The zero-order chi connectivity index (χ0) is 23.5. The second-order valence-electron chi connectivity index (χ2n) is 8.34. The zero-order valence-electron chi connectivity index (χ0n) is 19.2. The average molecular weight is 452 g/mol. The monoisotopic (exact) mass is 451 g/mol. The number of hydrogen-bond acceptors (Lipinski definition) is 5. The number of hydrogen-bond donors (Lipinski definition) is 0. The predicted octanol–water partition coefficient (Wildman–Crippen LogP) is 2.85. The number of fused-ring (bicyclic) bond motifs is 1. The molecule has 2 aromatic rings. The molecular weight excluding hydrogens is 422 g/mol. The second-order valence-corrected chi connectivity index (χ2v) is 8.34. The number of methoxy groups -OCH3 is 2. The molecule has 1 atom stereocenters. The highest BCUT2D eigenvalue weighted by atomic mass is 16.5. The normalized spacial score (nSPS) is 17.9. The summed E-state index contributed by atoms with van der Waals surface area (Å²) in [4.78, 5) is 41.9. The van der Waals surface area contributed by atoms with Crippen LogP contribution >= 0.6 is 0 Å². The topological polar surface area (TPSA) is 79.4 Å². The van der Waals surface area contributed by atoms with Crippen molar-refractivity contribution < 1.29 is 23.9 Å². The molecule has 0 radical (unpaired) electrons. The quantitative estimate of drug-likeness (QED) is 0.605. The van der Waals surface area contributed by atoms with E-state index in [0.717, 1.165) is 16.7 Å². The number of imide groups is 1. The number of urea groups is 1. The Kier molecular flexibility index (Phi) is 6.53. The van der Waals surface area contributed by atoms with Gasteiger partial charge in [-0.25, -0.2) is 4.79 Å². The third-order valence-electron chi connectivity index (χ3n) is 6.31. The van der Waals surface area contributed by atoms with Crippen molar-refractivity contribution in [2.75, 3.05) is 40.9 Å². The van der Waals surface area contributed by atoms with Crippen molar-refractivity contribution in [2.24, 2.45) is 0 Å². The van der Waals surface area contributed by atoms with Crippen LogP contribution in [0.15, 0.2) is 42.5 Å². The van der Waals surface area contributed by atoms with E-state index in [9.17, 15) is 14.4 Å². The van der Waals surface area contributed by atoms with Gasteiger partial charge in [0.15, 0.2) is 11.5 Å². The van der Waals surface area contributed by atoms with E-state index in [4.69, 9.17) is 9.47 Å². The van der Waals surface area contributed by atoms with Crippen molar-refractivity contribution in [3.63, 3.8) is 0 Å². The lowest BCUT2D eigenvalue weighted by molar-refractivity contribution is -0.134. The van der Waals surface area contributed by atoms with Crippen molar-refractivity contribution in [1.29, 1.82) is 0 Å². The van der Waals surface area contributed by atoms with Gasteiger partial charge in [-0.05, 0) is 41.7 Å². The summed E-state index contributed by atoms with van der Waals surface area (Å²) in [5.41, 5.74) is 3.16. The van der Waals surface area contributed by atoms with Gasteiger partial charge in [0.25, 0.3) is 0 Å². The highest BCUT2D eigenvalue weighted by Gasteiger charge is 2.35. The minimum atomic E-state index is -0.303. The summed E-state index contributed by atoms with van der Waals surface area (Å²) >= 11 is 0. The van der Waals surface area contributed by atoms with Gasteiger partial charge in [0.2, 0.25) is 11.8 Å². The van der Waals surface area contributed by atoms with Gasteiger partial charge in [-0.15, -0.1) is 0 Å². The van der Waals surface area contributed by atoms with E-state index in [-0.39, 0.29) is 43.4 Å². The third-order valence-corrected chi connectivity index (χ3v) is 6.31. The molecule has 0 aliphatic carbocycles. The number of nitrogens with zero attached hydrogens (tertiary/aromatic N) is 3. The number of carbonyl (C=O) groups is 3. The molecule has 4 amide bonds. The molecule has 0 bridgehead atoms. The van der Waals surface area contributed by atoms with Gasteiger partial charge >= 0.3 is 6.03 Å². The number of rotatable bonds is 7. The lowest BCUT2D eigenvalue weighted by Gasteiger charge is -2.38. The molecule has 2 heterocycles. The molecule has 1 saturated heterocycles. The van der Waals surface area contributed by atoms with E-state index in [0.29, 0.717) is 30.9 Å². The van der Waals surface area contributed by atoms with Crippen LogP contribution in [0.1, 0.15) is 35.6 Å². The van der Waals surface area contributed by atoms with Crippen molar-refractivity contribution in [2.45, 2.75) is 25.3 Å². The first-order valence-electron chi connectivity index (χ1n) is 11.1. The molecule has 33 heavy (non-hydrogen) atoms. The van der Waals surface area contributed by atoms with Crippen molar-refractivity contribution in [1.82, 2.24) is 14.7 Å². The maximum Gasteiger partial charge on any atom is 0.326 e. The minimum absolute atomic E-state index is 0.00302. The van der Waals surface area contributed by atoms with Crippen LogP contribution in [-0.4, -0.2) is 73.4 Å². The van der Waals surface area contributed by atoms with Gasteiger partial charge in [-0.3, -0.25) is 14.5 Å². The molecule has 8 nitrogen and oxygen atoms in total. The largest absolute Gasteiger partial charge is 0.493 e. The first kappa shape index (κ1) is 22.6. The Balaban J connectivity index is 1.56. The highest BCUT2D eigenvalue weighted by molar-refractivity contribution is 6.01. The predicted molar refractivity (Wildman–Crippen MR) is 122 cm³/mol. The molecule has 2 aliphatic heterocycles. The molecule has 1 unspecified atom stereocenters. The van der Waals surface area contributed by atoms with E-state index in [1.807, 2.05) is 47.4 Å². The maximum atomic E-state index is 13.3. The molecule has 2 aliphatic rings.